The van der Waals surface area contributed by atoms with E-state index in [0.29, 0.717) is 35.5 Å². The Morgan fingerprint density at radius 1 is 0.959 bits per heavy atom. The molecule has 1 atom stereocenters. The number of nitrogens with zero attached hydrogens (tertiary/aromatic N) is 5. The van der Waals surface area contributed by atoms with Crippen LogP contribution in [0.3, 0.4) is 0 Å². The van der Waals surface area contributed by atoms with Crippen LogP contribution in [0.5, 0.6) is 5.75 Å². The van der Waals surface area contributed by atoms with Crippen LogP contribution in [-0.4, -0.2) is 93.4 Å². The first-order valence-electron chi connectivity index (χ1n) is 17.0. The molecule has 0 spiro atoms. The first-order valence-corrected chi connectivity index (χ1v) is 18.8. The monoisotopic (exact) mass is 703 g/mol. The van der Waals surface area contributed by atoms with E-state index in [2.05, 4.69) is 22.8 Å². The Balaban J connectivity index is 1.38. The maximum atomic E-state index is 15.1. The number of piperidine rings is 1. The van der Waals surface area contributed by atoms with Crippen molar-refractivity contribution in [2.24, 2.45) is 0 Å². The van der Waals surface area contributed by atoms with E-state index in [1.54, 1.807) is 29.2 Å². The van der Waals surface area contributed by atoms with Gasteiger partial charge in [-0.3, -0.25) is 14.5 Å². The molecule has 1 unspecified atom stereocenters. The molecule has 3 heterocycles. The fourth-order valence-electron chi connectivity index (χ4n) is 7.59. The third-order valence-corrected chi connectivity index (χ3v) is 12.0. The van der Waals surface area contributed by atoms with Gasteiger partial charge < -0.3 is 14.5 Å². The van der Waals surface area contributed by atoms with E-state index in [1.807, 2.05) is 6.92 Å². The molecule has 2 amide bonds. The zero-order valence-corrected chi connectivity index (χ0v) is 29.5. The number of amides is 2. The molecule has 0 radical (unpaired) electrons. The lowest BCUT2D eigenvalue weighted by molar-refractivity contribution is -0.136. The van der Waals surface area contributed by atoms with Crippen LogP contribution in [0.4, 0.5) is 5.69 Å². The fraction of sp³-hybridized carbons (Fsp3) is 0.432. The summed E-state index contributed by atoms with van der Waals surface area (Å²) in [5.74, 6) is -0.691. The summed E-state index contributed by atoms with van der Waals surface area (Å²) in [4.78, 5) is 36.2. The minimum atomic E-state index is -4.46. The summed E-state index contributed by atoms with van der Waals surface area (Å²) < 4.78 is 35.4. The Kier molecular flexibility index (Phi) is 10.3. The molecule has 0 N–H and O–H groups in total. The van der Waals surface area contributed by atoms with Gasteiger partial charge in [0.15, 0.2) is 0 Å². The fourth-order valence-corrected chi connectivity index (χ4v) is 9.20. The second kappa shape index (κ2) is 14.5. The quantitative estimate of drug-likeness (QED) is 0.289. The van der Waals surface area contributed by atoms with Crippen LogP contribution in [0, 0.1) is 11.3 Å². The van der Waals surface area contributed by atoms with E-state index in [9.17, 15) is 18.5 Å². The van der Waals surface area contributed by atoms with Gasteiger partial charge in [-0.2, -0.15) is 5.26 Å². The average Bonchev–Trinajstić information content (AvgIpc) is 3.36. The number of ether oxygens (including phenoxy) is 1. The first-order chi connectivity index (χ1) is 23.6. The summed E-state index contributed by atoms with van der Waals surface area (Å²) in [6, 6.07) is 19.5. The third kappa shape index (κ3) is 6.55. The van der Waals surface area contributed by atoms with Gasteiger partial charge in [0.05, 0.1) is 28.8 Å². The van der Waals surface area contributed by atoms with Crippen LogP contribution >= 0.6 is 11.6 Å². The summed E-state index contributed by atoms with van der Waals surface area (Å²) in [7, 11) is -4.46. The van der Waals surface area contributed by atoms with Crippen molar-refractivity contribution < 1.29 is 22.7 Å². The van der Waals surface area contributed by atoms with Crippen molar-refractivity contribution in [2.75, 3.05) is 56.7 Å². The smallest absolute Gasteiger partial charge is 0.270 e. The summed E-state index contributed by atoms with van der Waals surface area (Å²) >= 11 is 6.07. The van der Waals surface area contributed by atoms with Crippen molar-refractivity contribution in [1.29, 1.82) is 5.26 Å². The van der Waals surface area contributed by atoms with Crippen molar-refractivity contribution in [3.8, 4) is 11.8 Å². The van der Waals surface area contributed by atoms with Crippen molar-refractivity contribution in [1.82, 2.24) is 14.7 Å². The second-order valence-corrected chi connectivity index (χ2v) is 15.1. The molecule has 3 aromatic carbocycles. The highest BCUT2D eigenvalue weighted by Crippen LogP contribution is 2.53. The molecule has 0 saturated carbocycles. The lowest BCUT2D eigenvalue weighted by Gasteiger charge is -2.43. The van der Waals surface area contributed by atoms with Gasteiger partial charge in [-0.05, 0) is 86.8 Å². The first kappa shape index (κ1) is 34.9. The number of benzene rings is 3. The van der Waals surface area contributed by atoms with Gasteiger partial charge in [0.25, 0.3) is 15.9 Å². The zero-order valence-electron chi connectivity index (χ0n) is 28.0. The molecular weight excluding hydrogens is 662 g/mol. The van der Waals surface area contributed by atoms with E-state index in [4.69, 9.17) is 16.3 Å². The maximum absolute atomic E-state index is 15.1. The van der Waals surface area contributed by atoms with E-state index in [0.717, 1.165) is 56.3 Å². The summed E-state index contributed by atoms with van der Waals surface area (Å²) in [5.41, 5.74) is -0.798. The molecule has 10 nitrogen and oxygen atoms in total. The Bertz CT molecular complexity index is 1850. The Morgan fingerprint density at radius 2 is 1.65 bits per heavy atom. The van der Waals surface area contributed by atoms with Crippen molar-refractivity contribution >= 4 is 39.1 Å². The number of rotatable bonds is 10. The van der Waals surface area contributed by atoms with Gasteiger partial charge in [0.2, 0.25) is 5.91 Å². The highest BCUT2D eigenvalue weighted by Gasteiger charge is 2.58. The highest BCUT2D eigenvalue weighted by atomic mass is 35.5. The molecule has 49 heavy (non-hydrogen) atoms. The normalized spacial score (nSPS) is 20.7. The van der Waals surface area contributed by atoms with Gasteiger partial charge in [-0.1, -0.05) is 36.7 Å². The van der Waals surface area contributed by atoms with Crippen LogP contribution in [-0.2, 0) is 25.0 Å². The number of sulfonamides is 1. The number of likely N-dealkylation sites (tertiary alicyclic amines) is 1. The summed E-state index contributed by atoms with van der Waals surface area (Å²) in [6.45, 7) is 10.6. The molecule has 3 aromatic rings. The Labute approximate surface area is 293 Å². The molecule has 3 aliphatic heterocycles. The number of anilines is 1. The van der Waals surface area contributed by atoms with Crippen molar-refractivity contribution in [3.63, 3.8) is 0 Å². The molecule has 258 valence electrons. The third-order valence-electron chi connectivity index (χ3n) is 10.0. The molecule has 6 rings (SSSR count). The van der Waals surface area contributed by atoms with Crippen LogP contribution in [0.15, 0.2) is 71.6 Å². The largest absolute Gasteiger partial charge is 0.494 e. The SMILES string of the molecule is CCCN1CCN(C2CCN(C(=O)CC3(c4ccccc4OCC)C(=O)N(S(=O)(=O)c4ccc(Cl)cc4)c4ccc(C#N)cc43)CC2)CC1. The van der Waals surface area contributed by atoms with Crippen molar-refractivity contribution in [2.45, 2.75) is 55.9 Å². The minimum absolute atomic E-state index is 0.0963. The number of carbonyl (C=O) groups is 2. The molecule has 2 fully saturated rings. The van der Waals surface area contributed by atoms with Crippen molar-refractivity contribution in [3.05, 3.63) is 88.4 Å². The number of halogens is 1. The van der Waals surface area contributed by atoms with Gasteiger partial charge in [0.1, 0.15) is 11.2 Å². The lowest BCUT2D eigenvalue weighted by atomic mass is 9.71. The number of piperazine rings is 1. The van der Waals surface area contributed by atoms with E-state index in [1.165, 1.54) is 42.5 Å². The Hall–Kier alpha value is -3.95. The van der Waals surface area contributed by atoms with Crippen LogP contribution in [0.2, 0.25) is 5.02 Å². The predicted molar refractivity (Wildman–Crippen MR) is 188 cm³/mol. The number of carbonyl (C=O) groups excluding carboxylic acids is 2. The highest BCUT2D eigenvalue weighted by molar-refractivity contribution is 7.93. The van der Waals surface area contributed by atoms with Crippen LogP contribution in [0.25, 0.3) is 0 Å². The molecule has 3 aliphatic rings. The molecule has 0 aliphatic carbocycles. The molecule has 12 heteroatoms. The average molecular weight is 704 g/mol. The Morgan fingerprint density at radius 3 is 2.31 bits per heavy atom. The molecule has 0 bridgehead atoms. The number of nitriles is 1. The van der Waals surface area contributed by atoms with Gasteiger partial charge in [-0.15, -0.1) is 0 Å². The number of fused-ring (bicyclic) bond motifs is 1. The van der Waals surface area contributed by atoms with Gasteiger partial charge in [0, 0.05) is 62.3 Å². The van der Waals surface area contributed by atoms with E-state index in [-0.39, 0.29) is 40.6 Å². The minimum Gasteiger partial charge on any atom is -0.494 e. The summed E-state index contributed by atoms with van der Waals surface area (Å²) in [6.07, 6.45) is 2.46. The maximum Gasteiger partial charge on any atom is 0.270 e. The van der Waals surface area contributed by atoms with Crippen LogP contribution in [0.1, 0.15) is 56.2 Å². The van der Waals surface area contributed by atoms with Crippen LogP contribution < -0.4 is 9.04 Å². The number of hydrogen-bond acceptors (Lipinski definition) is 8. The van der Waals surface area contributed by atoms with Gasteiger partial charge >= 0.3 is 0 Å². The predicted octanol–water partition coefficient (Wildman–Crippen LogP) is 5.04. The zero-order chi connectivity index (χ0) is 34.8. The standard InChI is InChI=1S/C37H42ClN5O5S/c1-3-17-40-20-22-41(23-21-40)29-15-18-42(19-16-29)35(44)25-37(31-7-5-6-8-34(31)48-4-2)32-24-27(26-39)9-14-33(32)43(36(37)45)49(46,47)30-12-10-28(38)11-13-30/h5-14,24,29H,3-4,15-23,25H2,1-2H3. The molecular formula is C37H42ClN5O5S. The molecule has 2 saturated heterocycles. The summed E-state index contributed by atoms with van der Waals surface area (Å²) in [5, 5.41) is 10.3. The topological polar surface area (TPSA) is 114 Å². The second-order valence-electron chi connectivity index (χ2n) is 12.9. The van der Waals surface area contributed by atoms with E-state index < -0.39 is 21.3 Å². The van der Waals surface area contributed by atoms with Gasteiger partial charge in [-0.25, -0.2) is 12.7 Å². The number of para-hydroxylation sites is 1. The van der Waals surface area contributed by atoms with E-state index >= 15 is 4.79 Å². The number of hydrogen-bond donors (Lipinski definition) is 0. The molecule has 0 aromatic heterocycles. The lowest BCUT2D eigenvalue weighted by Crippen LogP contribution is -2.54.